The van der Waals surface area contributed by atoms with Gasteiger partial charge in [-0.1, -0.05) is 36.5 Å². The number of amides is 3. The lowest BCUT2D eigenvalue weighted by atomic mass is 10.1. The van der Waals surface area contributed by atoms with E-state index < -0.39 is 29.3 Å². The SMILES string of the molecule is CCn1ncc2c1CCCCCC(=O)N(c1c(F)cc(C#Cc3ccccc3)cc1F)C(=O)N2C. The fraction of sp³-hybridized carbons (Fsp3) is 0.296. The zero-order valence-corrected chi connectivity index (χ0v) is 19.7. The number of halogens is 2. The zero-order chi connectivity index (χ0) is 24.9. The Morgan fingerprint density at radius 2 is 1.60 bits per heavy atom. The number of aryl methyl sites for hydroxylation is 1. The van der Waals surface area contributed by atoms with Crippen molar-refractivity contribution in [2.45, 2.75) is 45.6 Å². The molecule has 2 aromatic carbocycles. The minimum atomic E-state index is -1.03. The van der Waals surface area contributed by atoms with Gasteiger partial charge in [0, 0.05) is 31.1 Å². The molecule has 1 aliphatic heterocycles. The van der Waals surface area contributed by atoms with Crippen molar-refractivity contribution < 1.29 is 18.4 Å². The highest BCUT2D eigenvalue weighted by molar-refractivity contribution is 6.19. The molecule has 0 unspecified atom stereocenters. The maximum atomic E-state index is 15.3. The van der Waals surface area contributed by atoms with Gasteiger partial charge in [0.15, 0.2) is 11.6 Å². The Labute approximate surface area is 203 Å². The maximum absolute atomic E-state index is 15.3. The summed E-state index contributed by atoms with van der Waals surface area (Å²) in [7, 11) is 1.48. The van der Waals surface area contributed by atoms with Crippen molar-refractivity contribution in [1.82, 2.24) is 9.78 Å². The van der Waals surface area contributed by atoms with Gasteiger partial charge >= 0.3 is 6.03 Å². The Morgan fingerprint density at radius 3 is 2.29 bits per heavy atom. The Hall–Kier alpha value is -3.99. The average Bonchev–Trinajstić information content (AvgIpc) is 3.26. The second-order valence-corrected chi connectivity index (χ2v) is 8.33. The Morgan fingerprint density at radius 1 is 0.943 bits per heavy atom. The number of aromatic nitrogens is 2. The van der Waals surface area contributed by atoms with Crippen LogP contribution < -0.4 is 9.80 Å². The zero-order valence-electron chi connectivity index (χ0n) is 19.7. The molecule has 6 nitrogen and oxygen atoms in total. The third kappa shape index (κ3) is 5.09. The lowest BCUT2D eigenvalue weighted by molar-refractivity contribution is -0.118. The van der Waals surface area contributed by atoms with Crippen LogP contribution in [-0.2, 0) is 17.8 Å². The first kappa shape index (κ1) is 24.1. The van der Waals surface area contributed by atoms with E-state index in [-0.39, 0.29) is 12.0 Å². The summed E-state index contributed by atoms with van der Waals surface area (Å²) < 4.78 is 32.3. The van der Waals surface area contributed by atoms with Crippen LogP contribution in [-0.4, -0.2) is 28.8 Å². The molecule has 3 amide bonds. The second kappa shape index (κ2) is 10.5. The molecule has 0 spiro atoms. The average molecular weight is 477 g/mol. The van der Waals surface area contributed by atoms with Crippen molar-refractivity contribution in [2.75, 3.05) is 16.8 Å². The molecule has 8 heteroatoms. The smallest absolute Gasteiger partial charge is 0.293 e. The van der Waals surface area contributed by atoms with Crippen molar-refractivity contribution in [2.24, 2.45) is 0 Å². The predicted octanol–water partition coefficient (Wildman–Crippen LogP) is 5.29. The number of hydrogen-bond donors (Lipinski definition) is 0. The van der Waals surface area contributed by atoms with E-state index in [0.29, 0.717) is 35.5 Å². The van der Waals surface area contributed by atoms with Gasteiger partial charge in [0.25, 0.3) is 0 Å². The number of carbonyl (C=O) groups excluding carboxylic acids is 2. The Bertz CT molecular complexity index is 1280. The number of imide groups is 1. The first-order chi connectivity index (χ1) is 16.9. The normalized spacial score (nSPS) is 14.7. The minimum absolute atomic E-state index is 0.00424. The first-order valence-corrected chi connectivity index (χ1v) is 11.6. The van der Waals surface area contributed by atoms with Crippen LogP contribution in [0.2, 0.25) is 0 Å². The second-order valence-electron chi connectivity index (χ2n) is 8.33. The molecule has 0 radical (unpaired) electrons. The number of benzene rings is 2. The van der Waals surface area contributed by atoms with E-state index >= 15 is 8.78 Å². The quantitative estimate of drug-likeness (QED) is 0.473. The van der Waals surface area contributed by atoms with E-state index in [1.807, 2.05) is 25.1 Å². The van der Waals surface area contributed by atoms with Crippen LogP contribution in [0.5, 0.6) is 0 Å². The summed E-state index contributed by atoms with van der Waals surface area (Å²) in [6.45, 7) is 2.57. The van der Waals surface area contributed by atoms with Crippen LogP contribution in [0.3, 0.4) is 0 Å². The molecule has 0 bridgehead atoms. The monoisotopic (exact) mass is 476 g/mol. The van der Waals surface area contributed by atoms with E-state index in [0.717, 1.165) is 30.7 Å². The van der Waals surface area contributed by atoms with Crippen LogP contribution in [0, 0.1) is 23.5 Å². The highest BCUT2D eigenvalue weighted by Gasteiger charge is 2.33. The summed E-state index contributed by atoms with van der Waals surface area (Å²) in [6.07, 6.45) is 4.30. The van der Waals surface area contributed by atoms with Gasteiger partial charge in [-0.2, -0.15) is 5.10 Å². The third-order valence-corrected chi connectivity index (χ3v) is 5.98. The first-order valence-electron chi connectivity index (χ1n) is 11.6. The van der Waals surface area contributed by atoms with Crippen molar-refractivity contribution in [3.8, 4) is 11.8 Å². The highest BCUT2D eigenvalue weighted by Crippen LogP contribution is 2.30. The molecule has 0 saturated heterocycles. The summed E-state index contributed by atoms with van der Waals surface area (Å²) in [5.41, 5.74) is 1.47. The van der Waals surface area contributed by atoms with Gasteiger partial charge in [-0.25, -0.2) is 18.5 Å². The molecule has 2 heterocycles. The molecule has 0 fully saturated rings. The van der Waals surface area contributed by atoms with Crippen LogP contribution in [0.15, 0.2) is 48.7 Å². The van der Waals surface area contributed by atoms with E-state index in [9.17, 15) is 9.59 Å². The number of rotatable bonds is 2. The van der Waals surface area contributed by atoms with Crippen molar-refractivity contribution in [1.29, 1.82) is 0 Å². The molecule has 1 aromatic heterocycles. The molecule has 180 valence electrons. The van der Waals surface area contributed by atoms with Crippen LogP contribution in [0.1, 0.15) is 49.4 Å². The summed E-state index contributed by atoms with van der Waals surface area (Å²) >= 11 is 0. The number of hydrogen-bond acceptors (Lipinski definition) is 3. The van der Waals surface area contributed by atoms with Gasteiger partial charge in [-0.15, -0.1) is 0 Å². The minimum Gasteiger partial charge on any atom is -0.293 e. The summed E-state index contributed by atoms with van der Waals surface area (Å²) in [5, 5.41) is 4.33. The molecule has 4 rings (SSSR count). The number of fused-ring (bicyclic) bond motifs is 1. The predicted molar refractivity (Wildman–Crippen MR) is 130 cm³/mol. The Kier molecular flexibility index (Phi) is 7.25. The van der Waals surface area contributed by atoms with E-state index in [1.54, 1.807) is 23.0 Å². The molecule has 35 heavy (non-hydrogen) atoms. The highest BCUT2D eigenvalue weighted by atomic mass is 19.1. The standard InChI is InChI=1S/C27H26F2N4O2/c1-3-32-23-12-8-5-9-13-25(34)33(27(35)31(2)24(23)18-30-32)26-21(28)16-20(17-22(26)29)15-14-19-10-6-4-7-11-19/h4,6-7,10-11,16-18H,3,5,8-9,12-13H2,1-2H3. The largest absolute Gasteiger partial charge is 0.335 e. The third-order valence-electron chi connectivity index (χ3n) is 5.98. The van der Waals surface area contributed by atoms with Crippen molar-refractivity contribution >= 4 is 23.3 Å². The van der Waals surface area contributed by atoms with Gasteiger partial charge in [0.05, 0.1) is 17.6 Å². The molecular formula is C27H26F2N4O2. The van der Waals surface area contributed by atoms with Crippen LogP contribution in [0.4, 0.5) is 25.0 Å². The van der Waals surface area contributed by atoms with Crippen LogP contribution >= 0.6 is 0 Å². The molecule has 0 N–H and O–H groups in total. The van der Waals surface area contributed by atoms with E-state index in [2.05, 4.69) is 16.9 Å². The molecule has 0 saturated carbocycles. The van der Waals surface area contributed by atoms with E-state index in [4.69, 9.17) is 0 Å². The van der Waals surface area contributed by atoms with Crippen molar-refractivity contribution in [3.63, 3.8) is 0 Å². The summed E-state index contributed by atoms with van der Waals surface area (Å²) in [4.78, 5) is 28.4. The lowest BCUT2D eigenvalue weighted by Gasteiger charge is -2.27. The molecule has 0 aliphatic carbocycles. The van der Waals surface area contributed by atoms with E-state index in [1.165, 1.54) is 11.9 Å². The van der Waals surface area contributed by atoms with Gasteiger partial charge in [0.1, 0.15) is 5.69 Å². The number of anilines is 2. The summed E-state index contributed by atoms with van der Waals surface area (Å²) in [6, 6.07) is 10.3. The number of carbonyl (C=O) groups is 2. The fourth-order valence-electron chi connectivity index (χ4n) is 4.17. The van der Waals surface area contributed by atoms with Crippen LogP contribution in [0.25, 0.3) is 0 Å². The number of urea groups is 1. The molecular weight excluding hydrogens is 450 g/mol. The maximum Gasteiger partial charge on any atom is 0.335 e. The Balaban J connectivity index is 1.74. The lowest BCUT2D eigenvalue weighted by Crippen LogP contribution is -2.46. The van der Waals surface area contributed by atoms with Gasteiger partial charge < -0.3 is 0 Å². The fourth-order valence-corrected chi connectivity index (χ4v) is 4.17. The van der Waals surface area contributed by atoms with Crippen molar-refractivity contribution in [3.05, 3.63) is 77.1 Å². The number of nitrogens with zero attached hydrogens (tertiary/aromatic N) is 4. The molecule has 3 aromatic rings. The topological polar surface area (TPSA) is 58.4 Å². The molecule has 0 atom stereocenters. The van der Waals surface area contributed by atoms with Gasteiger partial charge in [-0.05, 0) is 50.5 Å². The van der Waals surface area contributed by atoms with Gasteiger partial charge in [-0.3, -0.25) is 14.4 Å². The van der Waals surface area contributed by atoms with Gasteiger partial charge in [0.2, 0.25) is 5.91 Å². The molecule has 1 aliphatic rings. The summed E-state index contributed by atoms with van der Waals surface area (Å²) in [5.74, 6) is 2.87.